The molecule has 1 saturated carbocycles. The zero-order valence-electron chi connectivity index (χ0n) is 18.5. The molecule has 2 aliphatic rings. The van der Waals surface area contributed by atoms with Crippen molar-refractivity contribution in [1.82, 2.24) is 0 Å². The number of methoxy groups -OCH3 is 1. The van der Waals surface area contributed by atoms with Gasteiger partial charge < -0.3 is 14.2 Å². The van der Waals surface area contributed by atoms with Crippen LogP contribution < -0.4 is 4.90 Å². The van der Waals surface area contributed by atoms with Gasteiger partial charge in [0.2, 0.25) is 11.8 Å². The first kappa shape index (κ1) is 24.2. The van der Waals surface area contributed by atoms with Gasteiger partial charge in [-0.3, -0.25) is 14.5 Å². The molecule has 0 N–H and O–H groups in total. The molecule has 0 radical (unpaired) electrons. The van der Waals surface area contributed by atoms with E-state index in [2.05, 4.69) is 0 Å². The lowest BCUT2D eigenvalue weighted by Gasteiger charge is -2.19. The molecule has 1 saturated heterocycles. The Hall–Kier alpha value is -2.45. The first-order chi connectivity index (χ1) is 15.2. The number of carbonyl (C=O) groups is 4. The number of fused-ring (bicyclic) bond motifs is 1. The van der Waals surface area contributed by atoms with Crippen molar-refractivity contribution in [3.8, 4) is 0 Å². The van der Waals surface area contributed by atoms with Crippen molar-refractivity contribution in [2.45, 2.75) is 52.2 Å². The number of anilines is 1. The van der Waals surface area contributed by atoms with E-state index in [4.69, 9.17) is 25.8 Å². The maximum Gasteiger partial charge on any atom is 0.376 e. The Kier molecular flexibility index (Phi) is 7.90. The van der Waals surface area contributed by atoms with Gasteiger partial charge in [0.05, 0.1) is 34.7 Å². The minimum Gasteiger partial charge on any atom is -0.461 e. The lowest BCUT2D eigenvalue weighted by atomic mass is 9.81. The number of esters is 2. The van der Waals surface area contributed by atoms with Crippen LogP contribution in [0.4, 0.5) is 5.69 Å². The molecule has 1 aromatic carbocycles. The normalized spacial score (nSPS) is 21.5. The van der Waals surface area contributed by atoms with Crippen molar-refractivity contribution in [3.63, 3.8) is 0 Å². The first-order valence-electron chi connectivity index (χ1n) is 10.8. The number of ether oxygens (including phenoxy) is 3. The Labute approximate surface area is 192 Å². The lowest BCUT2D eigenvalue weighted by Crippen LogP contribution is -2.32. The van der Waals surface area contributed by atoms with E-state index in [9.17, 15) is 19.2 Å². The van der Waals surface area contributed by atoms with Gasteiger partial charge >= 0.3 is 18.2 Å². The minimum atomic E-state index is -1.56. The fraction of sp³-hybridized carbons (Fsp3) is 0.565. The summed E-state index contributed by atoms with van der Waals surface area (Å²) in [5.41, 5.74) is 0.163. The van der Waals surface area contributed by atoms with Gasteiger partial charge in [0.15, 0.2) is 0 Å². The summed E-state index contributed by atoms with van der Waals surface area (Å²) in [5, 5.41) is 0.0540. The van der Waals surface area contributed by atoms with Crippen LogP contribution >= 0.6 is 11.6 Å². The van der Waals surface area contributed by atoms with E-state index in [1.165, 1.54) is 25.3 Å². The predicted octanol–water partition coefficient (Wildman–Crippen LogP) is 3.74. The van der Waals surface area contributed by atoms with Crippen LogP contribution in [-0.2, 0) is 28.6 Å². The molecule has 32 heavy (non-hydrogen) atoms. The molecule has 174 valence electrons. The van der Waals surface area contributed by atoms with Crippen LogP contribution in [0.15, 0.2) is 18.2 Å². The average molecular weight is 466 g/mol. The summed E-state index contributed by atoms with van der Waals surface area (Å²) in [7, 11) is 1.21. The van der Waals surface area contributed by atoms with Gasteiger partial charge in [0.25, 0.3) is 0 Å². The van der Waals surface area contributed by atoms with E-state index in [0.29, 0.717) is 25.2 Å². The van der Waals surface area contributed by atoms with E-state index in [1.807, 2.05) is 13.8 Å². The molecule has 9 heteroatoms. The third kappa shape index (κ3) is 5.13. The summed E-state index contributed by atoms with van der Waals surface area (Å²) in [5.74, 6) is -2.58. The second-order valence-corrected chi connectivity index (χ2v) is 8.90. The summed E-state index contributed by atoms with van der Waals surface area (Å²) in [6, 6.07) is 4.26. The molecule has 8 nitrogen and oxygen atoms in total. The maximum atomic E-state index is 12.9. The monoisotopic (exact) mass is 465 g/mol. The largest absolute Gasteiger partial charge is 0.461 e. The summed E-state index contributed by atoms with van der Waals surface area (Å²) in [6.45, 7) is 4.15. The Balaban J connectivity index is 1.75. The molecule has 1 aliphatic carbocycles. The Morgan fingerprint density at radius 2 is 1.75 bits per heavy atom. The third-order valence-corrected chi connectivity index (χ3v) is 6.16. The molecule has 3 unspecified atom stereocenters. The summed E-state index contributed by atoms with van der Waals surface area (Å²) >= 11 is 6.17. The molecule has 3 rings (SSSR count). The van der Waals surface area contributed by atoms with Crippen molar-refractivity contribution < 1.29 is 33.4 Å². The van der Waals surface area contributed by atoms with Crippen LogP contribution in [0.1, 0.15) is 56.3 Å². The number of hydrogen-bond acceptors (Lipinski definition) is 7. The molecule has 1 aliphatic heterocycles. The van der Waals surface area contributed by atoms with Crippen LogP contribution in [0.3, 0.4) is 0 Å². The highest BCUT2D eigenvalue weighted by atomic mass is 35.5. The van der Waals surface area contributed by atoms with E-state index in [1.54, 1.807) is 0 Å². The molecule has 0 spiro atoms. The van der Waals surface area contributed by atoms with E-state index in [-0.39, 0.29) is 46.5 Å². The standard InChI is InChI=1S/C23H28ClNO7/c1-13(2)10-11-31-22(29)23(30-3)32-21(28)17-12-14(8-9-18(17)24)25-19(26)15-6-4-5-7-16(15)20(25)27/h8-9,12-13,15-16,23H,4-7,10-11H2,1-3H3. The van der Waals surface area contributed by atoms with Crippen LogP contribution in [0.2, 0.25) is 5.02 Å². The highest BCUT2D eigenvalue weighted by Crippen LogP contribution is 2.40. The molecule has 2 fully saturated rings. The van der Waals surface area contributed by atoms with Gasteiger partial charge in [-0.1, -0.05) is 38.3 Å². The molecule has 2 amide bonds. The fourth-order valence-corrected chi connectivity index (χ4v) is 4.24. The number of imide groups is 1. The number of nitrogens with zero attached hydrogens (tertiary/aromatic N) is 1. The van der Waals surface area contributed by atoms with Gasteiger partial charge in [0, 0.05) is 7.11 Å². The number of halogens is 1. The summed E-state index contributed by atoms with van der Waals surface area (Å²) in [4.78, 5) is 51.7. The minimum absolute atomic E-state index is 0.0540. The predicted molar refractivity (Wildman–Crippen MR) is 116 cm³/mol. The lowest BCUT2D eigenvalue weighted by molar-refractivity contribution is -0.179. The van der Waals surface area contributed by atoms with Crippen LogP contribution in [-0.4, -0.2) is 43.8 Å². The SMILES string of the molecule is COC(OC(=O)c1cc(N2C(=O)C3CCCCC3C2=O)ccc1Cl)C(=O)OCCC(C)C. The highest BCUT2D eigenvalue weighted by molar-refractivity contribution is 6.34. The Morgan fingerprint density at radius 3 is 2.31 bits per heavy atom. The van der Waals surface area contributed by atoms with E-state index >= 15 is 0 Å². The topological polar surface area (TPSA) is 99.2 Å². The zero-order valence-corrected chi connectivity index (χ0v) is 19.2. The second-order valence-electron chi connectivity index (χ2n) is 8.50. The van der Waals surface area contributed by atoms with Crippen LogP contribution in [0.25, 0.3) is 0 Å². The van der Waals surface area contributed by atoms with Gasteiger partial charge in [-0.25, -0.2) is 9.59 Å². The van der Waals surface area contributed by atoms with Crippen molar-refractivity contribution in [1.29, 1.82) is 0 Å². The van der Waals surface area contributed by atoms with Gasteiger partial charge in [0.1, 0.15) is 0 Å². The summed E-state index contributed by atoms with van der Waals surface area (Å²) in [6.07, 6.45) is 2.29. The zero-order chi connectivity index (χ0) is 23.4. The number of rotatable bonds is 8. The van der Waals surface area contributed by atoms with Gasteiger partial charge in [-0.15, -0.1) is 0 Å². The first-order valence-corrected chi connectivity index (χ1v) is 11.2. The number of amides is 2. The van der Waals surface area contributed by atoms with Crippen molar-refractivity contribution in [3.05, 3.63) is 28.8 Å². The number of carbonyl (C=O) groups excluding carboxylic acids is 4. The molecule has 3 atom stereocenters. The van der Waals surface area contributed by atoms with Crippen LogP contribution in [0.5, 0.6) is 0 Å². The Morgan fingerprint density at radius 1 is 1.12 bits per heavy atom. The Bertz CT molecular complexity index is 876. The number of benzene rings is 1. The second kappa shape index (κ2) is 10.4. The van der Waals surface area contributed by atoms with Crippen molar-refractivity contribution >= 4 is 41.0 Å². The van der Waals surface area contributed by atoms with E-state index in [0.717, 1.165) is 17.7 Å². The maximum absolute atomic E-state index is 12.9. The fourth-order valence-electron chi connectivity index (χ4n) is 4.04. The molecule has 0 aromatic heterocycles. The number of hydrogen-bond donors (Lipinski definition) is 0. The van der Waals surface area contributed by atoms with Crippen molar-refractivity contribution in [2.24, 2.45) is 17.8 Å². The van der Waals surface area contributed by atoms with Gasteiger partial charge in [-0.05, 0) is 43.4 Å². The van der Waals surface area contributed by atoms with Crippen LogP contribution in [0, 0.1) is 17.8 Å². The quantitative estimate of drug-likeness (QED) is 0.327. The van der Waals surface area contributed by atoms with Crippen molar-refractivity contribution in [2.75, 3.05) is 18.6 Å². The third-order valence-electron chi connectivity index (χ3n) is 5.83. The molecule has 1 heterocycles. The average Bonchev–Trinajstić information content (AvgIpc) is 3.02. The molecular weight excluding hydrogens is 438 g/mol. The highest BCUT2D eigenvalue weighted by Gasteiger charge is 2.48. The van der Waals surface area contributed by atoms with Gasteiger partial charge in [-0.2, -0.15) is 0 Å². The summed E-state index contributed by atoms with van der Waals surface area (Å²) < 4.78 is 15.2. The molecular formula is C23H28ClNO7. The smallest absolute Gasteiger partial charge is 0.376 e. The van der Waals surface area contributed by atoms with E-state index < -0.39 is 18.2 Å². The molecule has 0 bridgehead atoms. The molecule has 1 aromatic rings.